The number of nitrogen functional groups attached to an aromatic ring is 1. The van der Waals surface area contributed by atoms with Crippen LogP contribution in [0.25, 0.3) is 27.9 Å². The van der Waals surface area contributed by atoms with Crippen LogP contribution in [0.2, 0.25) is 0 Å². The lowest BCUT2D eigenvalue weighted by Crippen LogP contribution is -2.34. The SMILES string of the molecule is C#Cc1cc(C)c(-c2c(C3=CCC(C(=O)N4CCCC4)CC3)c3c(N)ncnc3n2C)cn1. The van der Waals surface area contributed by atoms with E-state index in [0.717, 1.165) is 78.6 Å². The van der Waals surface area contributed by atoms with Gasteiger partial charge in [-0.15, -0.1) is 6.42 Å². The van der Waals surface area contributed by atoms with E-state index >= 15 is 0 Å². The number of pyridine rings is 1. The number of hydrogen-bond donors (Lipinski definition) is 1. The minimum atomic E-state index is 0.0530. The Morgan fingerprint density at radius 3 is 2.70 bits per heavy atom. The van der Waals surface area contributed by atoms with Crippen molar-refractivity contribution in [1.82, 2.24) is 24.4 Å². The monoisotopic (exact) mass is 440 g/mol. The van der Waals surface area contributed by atoms with Gasteiger partial charge in [0.2, 0.25) is 5.91 Å². The largest absolute Gasteiger partial charge is 0.383 e. The van der Waals surface area contributed by atoms with Gasteiger partial charge < -0.3 is 15.2 Å². The highest BCUT2D eigenvalue weighted by molar-refractivity contribution is 6.04. The highest BCUT2D eigenvalue weighted by Crippen LogP contribution is 2.43. The number of carbonyl (C=O) groups is 1. The highest BCUT2D eigenvalue weighted by atomic mass is 16.2. The summed E-state index contributed by atoms with van der Waals surface area (Å²) in [7, 11) is 1.99. The van der Waals surface area contributed by atoms with Crippen molar-refractivity contribution in [1.29, 1.82) is 0 Å². The molecule has 7 heteroatoms. The van der Waals surface area contributed by atoms with E-state index in [0.29, 0.717) is 17.4 Å². The predicted octanol–water partition coefficient (Wildman–Crippen LogP) is 3.71. The Morgan fingerprint density at radius 1 is 1.24 bits per heavy atom. The van der Waals surface area contributed by atoms with Crippen LogP contribution in [0.3, 0.4) is 0 Å². The third-order valence-corrected chi connectivity index (χ3v) is 7.01. The summed E-state index contributed by atoms with van der Waals surface area (Å²) >= 11 is 0. The van der Waals surface area contributed by atoms with E-state index in [1.165, 1.54) is 11.9 Å². The highest BCUT2D eigenvalue weighted by Gasteiger charge is 2.31. The van der Waals surface area contributed by atoms with Crippen molar-refractivity contribution in [2.45, 2.75) is 39.0 Å². The number of nitrogens with zero attached hydrogens (tertiary/aromatic N) is 5. The molecular formula is C26H28N6O. The number of hydrogen-bond acceptors (Lipinski definition) is 5. The van der Waals surface area contributed by atoms with Crippen molar-refractivity contribution in [2.75, 3.05) is 18.8 Å². The fourth-order valence-corrected chi connectivity index (χ4v) is 5.27. The lowest BCUT2D eigenvalue weighted by Gasteiger charge is -2.26. The number of fused-ring (bicyclic) bond motifs is 1. The molecular weight excluding hydrogens is 412 g/mol. The van der Waals surface area contributed by atoms with Gasteiger partial charge in [-0.25, -0.2) is 15.0 Å². The first-order chi connectivity index (χ1) is 16.0. The van der Waals surface area contributed by atoms with Gasteiger partial charge in [0.05, 0.1) is 11.1 Å². The summed E-state index contributed by atoms with van der Waals surface area (Å²) in [4.78, 5) is 28.2. The fraction of sp³-hybridized carbons (Fsp3) is 0.385. The van der Waals surface area contributed by atoms with Crippen LogP contribution >= 0.6 is 0 Å². The second-order valence-corrected chi connectivity index (χ2v) is 9.00. The molecule has 1 aliphatic carbocycles. The Balaban J connectivity index is 1.62. The molecule has 2 N–H and O–H groups in total. The lowest BCUT2D eigenvalue weighted by atomic mass is 9.84. The Labute approximate surface area is 193 Å². The minimum absolute atomic E-state index is 0.0530. The van der Waals surface area contributed by atoms with Gasteiger partial charge in [-0.3, -0.25) is 4.79 Å². The van der Waals surface area contributed by atoms with Crippen molar-refractivity contribution in [3.05, 3.63) is 41.5 Å². The van der Waals surface area contributed by atoms with E-state index in [4.69, 9.17) is 12.2 Å². The standard InChI is InChI=1S/C26H28N6O/c1-4-19-13-16(2)20(14-28-19)23-21(22-24(27)29-15-30-25(22)31(23)3)17-7-9-18(10-8-17)26(33)32-11-5-6-12-32/h1,7,13-15,18H,5-6,8-12H2,2-3H3,(H2,27,29,30). The van der Waals surface area contributed by atoms with E-state index in [1.54, 1.807) is 0 Å². The Kier molecular flexibility index (Phi) is 5.37. The summed E-state index contributed by atoms with van der Waals surface area (Å²) < 4.78 is 2.06. The van der Waals surface area contributed by atoms with Gasteiger partial charge in [0.15, 0.2) is 0 Å². The van der Waals surface area contributed by atoms with Gasteiger partial charge in [-0.2, -0.15) is 0 Å². The number of anilines is 1. The van der Waals surface area contributed by atoms with Crippen LogP contribution in [-0.2, 0) is 11.8 Å². The molecule has 33 heavy (non-hydrogen) atoms. The molecule has 1 fully saturated rings. The van der Waals surface area contributed by atoms with Crippen LogP contribution < -0.4 is 5.73 Å². The molecule has 0 saturated carbocycles. The molecule has 1 unspecified atom stereocenters. The zero-order valence-corrected chi connectivity index (χ0v) is 19.1. The molecule has 4 heterocycles. The van der Waals surface area contributed by atoms with Crippen molar-refractivity contribution in [3.63, 3.8) is 0 Å². The molecule has 0 radical (unpaired) electrons. The summed E-state index contributed by atoms with van der Waals surface area (Å²) in [5.41, 5.74) is 13.0. The number of aryl methyl sites for hydroxylation is 2. The first-order valence-electron chi connectivity index (χ1n) is 11.5. The van der Waals surface area contributed by atoms with E-state index in [1.807, 2.05) is 31.1 Å². The smallest absolute Gasteiger partial charge is 0.226 e. The number of carbonyl (C=O) groups excluding carboxylic acids is 1. The number of amides is 1. The molecule has 3 aromatic heterocycles. The zero-order valence-electron chi connectivity index (χ0n) is 19.1. The molecule has 168 valence electrons. The number of terminal acetylenes is 1. The van der Waals surface area contributed by atoms with Gasteiger partial charge in [-0.1, -0.05) is 12.0 Å². The third-order valence-electron chi connectivity index (χ3n) is 7.01. The molecule has 1 saturated heterocycles. The van der Waals surface area contributed by atoms with Gasteiger partial charge in [0.25, 0.3) is 0 Å². The molecule has 0 bridgehead atoms. The van der Waals surface area contributed by atoms with E-state index in [2.05, 4.69) is 31.5 Å². The van der Waals surface area contributed by atoms with Crippen molar-refractivity contribution in [2.24, 2.45) is 13.0 Å². The van der Waals surface area contributed by atoms with Crippen LogP contribution in [0.5, 0.6) is 0 Å². The maximum absolute atomic E-state index is 12.9. The number of nitrogens with two attached hydrogens (primary N) is 1. The first-order valence-corrected chi connectivity index (χ1v) is 11.5. The Morgan fingerprint density at radius 2 is 2.03 bits per heavy atom. The molecule has 1 aliphatic heterocycles. The third kappa shape index (κ3) is 3.56. The van der Waals surface area contributed by atoms with Gasteiger partial charge in [0, 0.05) is 43.4 Å². The molecule has 1 amide bonds. The van der Waals surface area contributed by atoms with Crippen molar-refractivity contribution in [3.8, 4) is 23.6 Å². The second-order valence-electron chi connectivity index (χ2n) is 9.00. The Bertz CT molecular complexity index is 1320. The number of rotatable bonds is 3. The molecule has 0 spiro atoms. The molecule has 2 aliphatic rings. The van der Waals surface area contributed by atoms with Crippen LogP contribution in [0.15, 0.2) is 24.7 Å². The average Bonchev–Trinajstić information content (AvgIpc) is 3.47. The first kappa shape index (κ1) is 21.2. The van der Waals surface area contributed by atoms with Crippen LogP contribution in [-0.4, -0.2) is 43.4 Å². The second kappa shape index (κ2) is 8.36. The quantitative estimate of drug-likeness (QED) is 0.627. The molecule has 3 aromatic rings. The maximum atomic E-state index is 12.9. The van der Waals surface area contributed by atoms with E-state index in [-0.39, 0.29) is 5.92 Å². The van der Waals surface area contributed by atoms with E-state index in [9.17, 15) is 4.79 Å². The van der Waals surface area contributed by atoms with Gasteiger partial charge in [-0.05, 0) is 56.2 Å². The summed E-state index contributed by atoms with van der Waals surface area (Å²) in [5.74, 6) is 3.42. The summed E-state index contributed by atoms with van der Waals surface area (Å²) in [6, 6.07) is 1.92. The lowest BCUT2D eigenvalue weighted by molar-refractivity contribution is -0.134. The normalized spacial score (nSPS) is 18.4. The number of aromatic nitrogens is 4. The average molecular weight is 441 g/mol. The fourth-order valence-electron chi connectivity index (χ4n) is 5.27. The summed E-state index contributed by atoms with van der Waals surface area (Å²) in [5, 5.41) is 0.853. The minimum Gasteiger partial charge on any atom is -0.383 e. The van der Waals surface area contributed by atoms with Crippen LogP contribution in [0.1, 0.15) is 48.9 Å². The number of allylic oxidation sites excluding steroid dienone is 2. The summed E-state index contributed by atoms with van der Waals surface area (Å²) in [6.07, 6.45) is 15.7. The van der Waals surface area contributed by atoms with Gasteiger partial charge >= 0.3 is 0 Å². The van der Waals surface area contributed by atoms with Crippen molar-refractivity contribution >= 4 is 28.3 Å². The topological polar surface area (TPSA) is 89.9 Å². The van der Waals surface area contributed by atoms with Crippen molar-refractivity contribution < 1.29 is 4.79 Å². The Hall–Kier alpha value is -3.66. The molecule has 7 nitrogen and oxygen atoms in total. The van der Waals surface area contributed by atoms with Gasteiger partial charge in [0.1, 0.15) is 23.5 Å². The van der Waals surface area contributed by atoms with Crippen LogP contribution in [0.4, 0.5) is 5.82 Å². The number of likely N-dealkylation sites (tertiary alicyclic amines) is 1. The van der Waals surface area contributed by atoms with Crippen LogP contribution in [0, 0.1) is 25.2 Å². The molecule has 1 atom stereocenters. The molecule has 5 rings (SSSR count). The van der Waals surface area contributed by atoms with E-state index < -0.39 is 0 Å². The molecule has 0 aromatic carbocycles. The summed E-state index contributed by atoms with van der Waals surface area (Å²) in [6.45, 7) is 3.83. The zero-order chi connectivity index (χ0) is 23.1. The maximum Gasteiger partial charge on any atom is 0.226 e. The predicted molar refractivity (Wildman–Crippen MR) is 130 cm³/mol.